The Bertz CT molecular complexity index is 413. The minimum absolute atomic E-state index is 0.0620. The second kappa shape index (κ2) is 5.51. The number of hydrogen-bond acceptors (Lipinski definition) is 3. The molecule has 2 atom stereocenters. The van der Waals surface area contributed by atoms with Crippen LogP contribution in [0.5, 0.6) is 0 Å². The van der Waals surface area contributed by atoms with Crippen molar-refractivity contribution in [1.29, 1.82) is 0 Å². The summed E-state index contributed by atoms with van der Waals surface area (Å²) in [5, 5.41) is 2.67. The first-order valence-electron chi connectivity index (χ1n) is 5.50. The van der Waals surface area contributed by atoms with E-state index in [-0.39, 0.29) is 12.1 Å². The molecule has 1 amide bonds. The molecule has 1 aliphatic carbocycles. The van der Waals surface area contributed by atoms with Crippen LogP contribution in [0.4, 0.5) is 4.39 Å². The number of benzene rings is 1. The molecule has 5 heteroatoms. The van der Waals surface area contributed by atoms with E-state index in [1.54, 1.807) is 0 Å². The molecule has 1 aliphatic rings. The topological polar surface area (TPSA) is 38.3 Å². The number of nitrogens with one attached hydrogen (secondary N) is 1. The van der Waals surface area contributed by atoms with Gasteiger partial charge in [0.25, 0.3) is 5.91 Å². The Kier molecular flexibility index (Phi) is 4.02. The molecule has 1 N–H and O–H groups in total. The molecule has 92 valence electrons. The first-order chi connectivity index (χ1) is 8.26. The highest BCUT2D eigenvalue weighted by Gasteiger charge is 2.27. The molecule has 3 nitrogen and oxygen atoms in total. The van der Waals surface area contributed by atoms with E-state index in [4.69, 9.17) is 4.18 Å². The minimum atomic E-state index is -0.981. The van der Waals surface area contributed by atoms with Crippen molar-refractivity contribution in [3.05, 3.63) is 35.4 Å². The summed E-state index contributed by atoms with van der Waals surface area (Å²) in [6.45, 7) is -0.981. The molecule has 0 unspecified atom stereocenters. The maximum absolute atomic E-state index is 12.2. The zero-order chi connectivity index (χ0) is 12.3. The molecule has 1 aromatic rings. The summed E-state index contributed by atoms with van der Waals surface area (Å²) in [7, 11) is 0. The Morgan fingerprint density at radius 1 is 1.41 bits per heavy atom. The van der Waals surface area contributed by atoms with E-state index >= 15 is 0 Å². The SMILES string of the molecule is O=C(CF)N[C@@H]1CC[C@@H](OS)c2ccccc21. The van der Waals surface area contributed by atoms with Crippen molar-refractivity contribution in [2.45, 2.75) is 25.0 Å². The fourth-order valence-corrected chi connectivity index (χ4v) is 2.46. The molecule has 1 aromatic carbocycles. The van der Waals surface area contributed by atoms with E-state index in [1.807, 2.05) is 24.3 Å². The van der Waals surface area contributed by atoms with Gasteiger partial charge in [0.05, 0.1) is 12.1 Å². The van der Waals surface area contributed by atoms with Gasteiger partial charge in [0.2, 0.25) is 0 Å². The van der Waals surface area contributed by atoms with E-state index in [1.165, 1.54) is 0 Å². The Labute approximate surface area is 105 Å². The zero-order valence-corrected chi connectivity index (χ0v) is 10.1. The largest absolute Gasteiger partial charge is 0.347 e. The Balaban J connectivity index is 2.25. The fourth-order valence-electron chi connectivity index (χ4n) is 2.24. The van der Waals surface area contributed by atoms with Gasteiger partial charge >= 0.3 is 0 Å². The molecule has 0 saturated carbocycles. The first-order valence-corrected chi connectivity index (χ1v) is 5.87. The Hall–Kier alpha value is -1.07. The minimum Gasteiger partial charge on any atom is -0.347 e. The van der Waals surface area contributed by atoms with E-state index in [0.29, 0.717) is 0 Å². The molecule has 0 aliphatic heterocycles. The molecular weight excluding hydrogens is 241 g/mol. The molecule has 17 heavy (non-hydrogen) atoms. The lowest BCUT2D eigenvalue weighted by Crippen LogP contribution is -2.32. The second-order valence-corrected chi connectivity index (χ2v) is 4.26. The highest BCUT2D eigenvalue weighted by atomic mass is 32.1. The highest BCUT2D eigenvalue weighted by molar-refractivity contribution is 7.75. The summed E-state index contributed by atoms with van der Waals surface area (Å²) >= 11 is 3.86. The van der Waals surface area contributed by atoms with E-state index in [2.05, 4.69) is 18.2 Å². The average Bonchev–Trinajstić information content (AvgIpc) is 2.39. The van der Waals surface area contributed by atoms with Gasteiger partial charge in [0, 0.05) is 0 Å². The number of halogens is 1. The third kappa shape index (κ3) is 2.61. The van der Waals surface area contributed by atoms with Gasteiger partial charge in [-0.1, -0.05) is 24.3 Å². The molecule has 0 heterocycles. The van der Waals surface area contributed by atoms with Crippen LogP contribution in [0.2, 0.25) is 0 Å². The van der Waals surface area contributed by atoms with Gasteiger partial charge in [-0.3, -0.25) is 4.79 Å². The van der Waals surface area contributed by atoms with Gasteiger partial charge in [0.1, 0.15) is 0 Å². The van der Waals surface area contributed by atoms with Crippen molar-refractivity contribution in [2.75, 3.05) is 6.67 Å². The lowest BCUT2D eigenvalue weighted by molar-refractivity contribution is -0.122. The number of carbonyl (C=O) groups is 1. The lowest BCUT2D eigenvalue weighted by Gasteiger charge is -2.30. The smallest absolute Gasteiger partial charge is 0.251 e. The third-order valence-electron chi connectivity index (χ3n) is 3.02. The van der Waals surface area contributed by atoms with Gasteiger partial charge in [-0.15, -0.1) is 0 Å². The zero-order valence-electron chi connectivity index (χ0n) is 9.23. The van der Waals surface area contributed by atoms with Gasteiger partial charge in [-0.2, -0.15) is 0 Å². The van der Waals surface area contributed by atoms with Crippen LogP contribution in [-0.2, 0) is 8.98 Å². The van der Waals surface area contributed by atoms with Crippen molar-refractivity contribution in [3.63, 3.8) is 0 Å². The quantitative estimate of drug-likeness (QED) is 0.643. The van der Waals surface area contributed by atoms with Crippen LogP contribution < -0.4 is 5.32 Å². The standard InChI is InChI=1S/C12H14FNO2S/c13-7-12(15)14-10-5-6-11(16-17)9-4-2-1-3-8(9)10/h1-4,10-11,17H,5-7H2,(H,14,15)/t10-,11-/m1/s1. The molecule has 2 rings (SSSR count). The van der Waals surface area contributed by atoms with E-state index in [9.17, 15) is 9.18 Å². The molecule has 0 aromatic heterocycles. The summed E-state index contributed by atoms with van der Waals surface area (Å²) in [6, 6.07) is 7.56. The van der Waals surface area contributed by atoms with Gasteiger partial charge in [-0.25, -0.2) is 4.39 Å². The number of fused-ring (bicyclic) bond motifs is 1. The van der Waals surface area contributed by atoms with Crippen molar-refractivity contribution in [1.82, 2.24) is 5.32 Å². The van der Waals surface area contributed by atoms with Crippen LogP contribution in [0.25, 0.3) is 0 Å². The van der Waals surface area contributed by atoms with Crippen molar-refractivity contribution in [3.8, 4) is 0 Å². The summed E-state index contributed by atoms with van der Waals surface area (Å²) < 4.78 is 17.3. The molecule has 0 spiro atoms. The van der Waals surface area contributed by atoms with Crippen LogP contribution in [0.15, 0.2) is 24.3 Å². The molecular formula is C12H14FNO2S. The normalized spacial score (nSPS) is 22.9. The predicted octanol–water partition coefficient (Wildman–Crippen LogP) is 2.51. The Morgan fingerprint density at radius 3 is 2.76 bits per heavy atom. The van der Waals surface area contributed by atoms with Crippen LogP contribution >= 0.6 is 12.9 Å². The number of hydrogen-bond donors (Lipinski definition) is 2. The van der Waals surface area contributed by atoms with Crippen molar-refractivity contribution >= 4 is 18.8 Å². The monoisotopic (exact) mass is 255 g/mol. The van der Waals surface area contributed by atoms with Gasteiger partial charge < -0.3 is 9.50 Å². The van der Waals surface area contributed by atoms with Crippen LogP contribution in [0.1, 0.15) is 36.1 Å². The van der Waals surface area contributed by atoms with Gasteiger partial charge in [0.15, 0.2) is 6.67 Å². The number of amides is 1. The second-order valence-electron chi connectivity index (χ2n) is 4.05. The van der Waals surface area contributed by atoms with Crippen LogP contribution in [0, 0.1) is 0 Å². The molecule has 0 fully saturated rings. The summed E-state index contributed by atoms with van der Waals surface area (Å²) in [5.41, 5.74) is 2.00. The number of thiol groups is 1. The fraction of sp³-hybridized carbons (Fsp3) is 0.417. The average molecular weight is 255 g/mol. The summed E-state index contributed by atoms with van der Waals surface area (Å²) in [4.78, 5) is 11.1. The van der Waals surface area contributed by atoms with Crippen LogP contribution in [-0.4, -0.2) is 12.6 Å². The maximum atomic E-state index is 12.2. The van der Waals surface area contributed by atoms with E-state index < -0.39 is 12.6 Å². The molecule has 0 radical (unpaired) electrons. The lowest BCUT2D eigenvalue weighted by atomic mass is 9.86. The number of alkyl halides is 1. The summed E-state index contributed by atoms with van der Waals surface area (Å²) in [6.07, 6.45) is 1.43. The maximum Gasteiger partial charge on any atom is 0.251 e. The van der Waals surface area contributed by atoms with Gasteiger partial charge in [-0.05, 0) is 36.9 Å². The number of rotatable bonds is 3. The Morgan fingerprint density at radius 2 is 2.12 bits per heavy atom. The van der Waals surface area contributed by atoms with Crippen molar-refractivity contribution in [2.24, 2.45) is 0 Å². The van der Waals surface area contributed by atoms with Crippen molar-refractivity contribution < 1.29 is 13.4 Å². The van der Waals surface area contributed by atoms with E-state index in [0.717, 1.165) is 24.0 Å². The highest BCUT2D eigenvalue weighted by Crippen LogP contribution is 2.38. The summed E-state index contributed by atoms with van der Waals surface area (Å²) in [5.74, 6) is -0.574. The number of carbonyl (C=O) groups excluding carboxylic acids is 1. The predicted molar refractivity (Wildman–Crippen MR) is 65.3 cm³/mol. The first kappa shape index (κ1) is 12.4. The van der Waals surface area contributed by atoms with Crippen LogP contribution in [0.3, 0.4) is 0 Å². The third-order valence-corrected chi connectivity index (χ3v) is 3.27. The molecule has 0 bridgehead atoms. The molecule has 0 saturated heterocycles.